The first-order valence-electron chi connectivity index (χ1n) is 30.3. The molecule has 0 aromatic carbocycles. The highest BCUT2D eigenvalue weighted by Gasteiger charge is 2.19. The van der Waals surface area contributed by atoms with Crippen LogP contribution in [0.5, 0.6) is 0 Å². The SMILES string of the molecule is CCCCCCC/C=C\C/C=C\CCCCCCCCCCCCCCCCCCCCCC(=O)OCC(COC(=O)CCCCCCC)OC(=O)CCCCCCCCCCCCCCCC. The molecule has 0 saturated heterocycles. The van der Waals surface area contributed by atoms with Crippen LogP contribution in [0.15, 0.2) is 24.3 Å². The molecule has 0 aromatic rings. The van der Waals surface area contributed by atoms with Gasteiger partial charge in [-0.2, -0.15) is 0 Å². The zero-order valence-corrected chi connectivity index (χ0v) is 45.9. The Morgan fingerprint density at radius 1 is 0.294 bits per heavy atom. The fourth-order valence-electron chi connectivity index (χ4n) is 9.12. The predicted octanol–water partition coefficient (Wildman–Crippen LogP) is 20.3. The van der Waals surface area contributed by atoms with Gasteiger partial charge < -0.3 is 14.2 Å². The van der Waals surface area contributed by atoms with E-state index in [1.165, 1.54) is 225 Å². The number of hydrogen-bond donors (Lipinski definition) is 0. The van der Waals surface area contributed by atoms with Crippen molar-refractivity contribution in [3.05, 3.63) is 24.3 Å². The zero-order chi connectivity index (χ0) is 49.3. The van der Waals surface area contributed by atoms with Gasteiger partial charge in [-0.25, -0.2) is 0 Å². The zero-order valence-electron chi connectivity index (χ0n) is 45.9. The molecule has 0 aromatic heterocycles. The van der Waals surface area contributed by atoms with E-state index in [9.17, 15) is 14.4 Å². The number of rotatable bonds is 56. The van der Waals surface area contributed by atoms with Crippen LogP contribution in [-0.4, -0.2) is 37.2 Å². The number of carbonyl (C=O) groups excluding carboxylic acids is 3. The topological polar surface area (TPSA) is 78.9 Å². The molecule has 0 aliphatic rings. The largest absolute Gasteiger partial charge is 0.462 e. The second-order valence-electron chi connectivity index (χ2n) is 20.6. The van der Waals surface area contributed by atoms with Gasteiger partial charge in [-0.3, -0.25) is 14.4 Å². The van der Waals surface area contributed by atoms with Gasteiger partial charge in [-0.1, -0.05) is 289 Å². The van der Waals surface area contributed by atoms with Crippen molar-refractivity contribution in [1.29, 1.82) is 0 Å². The maximum Gasteiger partial charge on any atom is 0.306 e. The third-order valence-corrected chi connectivity index (χ3v) is 13.7. The standard InChI is InChI=1S/C62H116O6/c1-4-7-10-13-15-17-19-21-23-24-25-26-27-28-29-30-31-32-33-34-35-36-37-38-39-41-42-44-46-49-52-55-61(64)67-58-59(57-66-60(63)54-51-48-12-9-6-3)68-62(65)56-53-50-47-45-43-40-22-20-18-16-14-11-8-5-2/h19,21,24-25,59H,4-18,20,22-23,26-58H2,1-3H3/b21-19-,25-24-. The van der Waals surface area contributed by atoms with Gasteiger partial charge in [-0.15, -0.1) is 0 Å². The van der Waals surface area contributed by atoms with Crippen LogP contribution in [0, 0.1) is 0 Å². The van der Waals surface area contributed by atoms with Crippen molar-refractivity contribution >= 4 is 17.9 Å². The monoisotopic (exact) mass is 957 g/mol. The Morgan fingerprint density at radius 3 is 0.809 bits per heavy atom. The van der Waals surface area contributed by atoms with Crippen LogP contribution >= 0.6 is 0 Å². The van der Waals surface area contributed by atoms with E-state index in [2.05, 4.69) is 45.1 Å². The maximum atomic E-state index is 12.7. The molecule has 0 N–H and O–H groups in total. The lowest BCUT2D eigenvalue weighted by Crippen LogP contribution is -2.30. The van der Waals surface area contributed by atoms with Crippen molar-refractivity contribution in [1.82, 2.24) is 0 Å². The number of hydrogen-bond acceptors (Lipinski definition) is 6. The summed E-state index contributed by atoms with van der Waals surface area (Å²) < 4.78 is 16.7. The first kappa shape index (κ1) is 65.9. The van der Waals surface area contributed by atoms with Crippen LogP contribution < -0.4 is 0 Å². The number of carbonyl (C=O) groups is 3. The van der Waals surface area contributed by atoms with Gasteiger partial charge in [0.05, 0.1) is 0 Å². The van der Waals surface area contributed by atoms with E-state index >= 15 is 0 Å². The predicted molar refractivity (Wildman–Crippen MR) is 293 cm³/mol. The van der Waals surface area contributed by atoms with Crippen molar-refractivity contribution in [3.63, 3.8) is 0 Å². The van der Waals surface area contributed by atoms with Crippen LogP contribution in [0.3, 0.4) is 0 Å². The van der Waals surface area contributed by atoms with Crippen LogP contribution in [0.1, 0.15) is 335 Å². The minimum absolute atomic E-state index is 0.0656. The Hall–Kier alpha value is -2.11. The smallest absolute Gasteiger partial charge is 0.306 e. The third-order valence-electron chi connectivity index (χ3n) is 13.7. The van der Waals surface area contributed by atoms with Gasteiger partial charge in [0.2, 0.25) is 0 Å². The van der Waals surface area contributed by atoms with Gasteiger partial charge in [0.15, 0.2) is 6.10 Å². The van der Waals surface area contributed by atoms with Gasteiger partial charge in [-0.05, 0) is 51.4 Å². The summed E-state index contributed by atoms with van der Waals surface area (Å²) in [6.07, 6.45) is 68.1. The van der Waals surface area contributed by atoms with Crippen LogP contribution in [-0.2, 0) is 28.6 Å². The first-order valence-corrected chi connectivity index (χ1v) is 30.3. The Balaban J connectivity index is 3.89. The molecule has 68 heavy (non-hydrogen) atoms. The van der Waals surface area contributed by atoms with E-state index in [1.807, 2.05) is 0 Å². The molecule has 1 atom stereocenters. The lowest BCUT2D eigenvalue weighted by atomic mass is 10.0. The molecular weight excluding hydrogens is 841 g/mol. The number of unbranched alkanes of at least 4 members (excludes halogenated alkanes) is 41. The van der Waals surface area contributed by atoms with E-state index < -0.39 is 6.10 Å². The quantitative estimate of drug-likeness (QED) is 0.0262. The Labute approximate surface area is 423 Å². The van der Waals surface area contributed by atoms with Crippen LogP contribution in [0.25, 0.3) is 0 Å². The minimum Gasteiger partial charge on any atom is -0.462 e. The van der Waals surface area contributed by atoms with Crippen molar-refractivity contribution in [2.24, 2.45) is 0 Å². The molecular formula is C62H116O6. The minimum atomic E-state index is -0.761. The molecule has 0 aliphatic carbocycles. The van der Waals surface area contributed by atoms with Gasteiger partial charge in [0.25, 0.3) is 0 Å². The summed E-state index contributed by atoms with van der Waals surface area (Å²) >= 11 is 0. The molecule has 0 amide bonds. The highest BCUT2D eigenvalue weighted by atomic mass is 16.6. The molecule has 6 heteroatoms. The van der Waals surface area contributed by atoms with Crippen molar-refractivity contribution in [3.8, 4) is 0 Å². The second-order valence-corrected chi connectivity index (χ2v) is 20.6. The maximum absolute atomic E-state index is 12.7. The molecule has 0 spiro atoms. The summed E-state index contributed by atoms with van der Waals surface area (Å²) in [5, 5.41) is 0. The van der Waals surface area contributed by atoms with E-state index in [1.54, 1.807) is 0 Å². The average Bonchev–Trinajstić information content (AvgIpc) is 3.34. The van der Waals surface area contributed by atoms with Crippen LogP contribution in [0.2, 0.25) is 0 Å². The van der Waals surface area contributed by atoms with Crippen molar-refractivity contribution in [2.75, 3.05) is 13.2 Å². The number of ether oxygens (including phenoxy) is 3. The normalized spacial score (nSPS) is 12.1. The van der Waals surface area contributed by atoms with Crippen molar-refractivity contribution in [2.45, 2.75) is 341 Å². The molecule has 0 heterocycles. The van der Waals surface area contributed by atoms with Crippen LogP contribution in [0.4, 0.5) is 0 Å². The first-order chi connectivity index (χ1) is 33.5. The molecule has 0 fully saturated rings. The molecule has 400 valence electrons. The number of esters is 3. The van der Waals surface area contributed by atoms with E-state index in [4.69, 9.17) is 14.2 Å². The summed E-state index contributed by atoms with van der Waals surface area (Å²) in [6.45, 7) is 6.59. The molecule has 0 aliphatic heterocycles. The molecule has 6 nitrogen and oxygen atoms in total. The second kappa shape index (κ2) is 57.5. The van der Waals surface area contributed by atoms with Crippen molar-refractivity contribution < 1.29 is 28.6 Å². The van der Waals surface area contributed by atoms with Gasteiger partial charge in [0, 0.05) is 19.3 Å². The number of allylic oxidation sites excluding steroid dienone is 4. The summed E-state index contributed by atoms with van der Waals surface area (Å²) in [6, 6.07) is 0. The third kappa shape index (κ3) is 54.8. The average molecular weight is 958 g/mol. The molecule has 0 radical (unpaired) electrons. The lowest BCUT2D eigenvalue weighted by molar-refractivity contribution is -0.167. The summed E-state index contributed by atoms with van der Waals surface area (Å²) in [7, 11) is 0. The summed E-state index contributed by atoms with van der Waals surface area (Å²) in [5.74, 6) is -0.860. The summed E-state index contributed by atoms with van der Waals surface area (Å²) in [5.41, 5.74) is 0. The fraction of sp³-hybridized carbons (Fsp3) is 0.887. The van der Waals surface area contributed by atoms with Gasteiger partial charge in [0.1, 0.15) is 13.2 Å². The highest BCUT2D eigenvalue weighted by molar-refractivity contribution is 5.71. The fourth-order valence-corrected chi connectivity index (χ4v) is 9.12. The molecule has 0 saturated carbocycles. The summed E-state index contributed by atoms with van der Waals surface area (Å²) in [4.78, 5) is 37.8. The molecule has 0 rings (SSSR count). The van der Waals surface area contributed by atoms with E-state index in [0.29, 0.717) is 19.3 Å². The molecule has 0 bridgehead atoms. The highest BCUT2D eigenvalue weighted by Crippen LogP contribution is 2.17. The lowest BCUT2D eigenvalue weighted by Gasteiger charge is -2.18. The van der Waals surface area contributed by atoms with E-state index in [-0.39, 0.29) is 31.1 Å². The van der Waals surface area contributed by atoms with E-state index in [0.717, 1.165) is 70.6 Å². The molecule has 1 unspecified atom stereocenters. The Morgan fingerprint density at radius 2 is 0.529 bits per heavy atom. The Kier molecular flexibility index (Phi) is 55.7. The Bertz CT molecular complexity index is 1100. The van der Waals surface area contributed by atoms with Gasteiger partial charge >= 0.3 is 17.9 Å².